The molecule has 0 aliphatic carbocycles. The number of aromatic nitrogens is 2. The summed E-state index contributed by atoms with van der Waals surface area (Å²) in [5, 5.41) is 3.14. The predicted octanol–water partition coefficient (Wildman–Crippen LogP) is 2.46. The van der Waals surface area contributed by atoms with Gasteiger partial charge in [-0.25, -0.2) is 18.4 Å². The molecule has 0 unspecified atom stereocenters. The van der Waals surface area contributed by atoms with Crippen molar-refractivity contribution < 1.29 is 22.7 Å². The molecule has 0 spiro atoms. The van der Waals surface area contributed by atoms with Crippen molar-refractivity contribution in [1.82, 2.24) is 24.1 Å². The zero-order chi connectivity index (χ0) is 28.0. The maximum atomic E-state index is 12.8. The molecule has 1 N–H and O–H groups in total. The topological polar surface area (TPSA) is 125 Å². The van der Waals surface area contributed by atoms with Crippen LogP contribution in [0.5, 0.6) is 0 Å². The molecule has 12 heteroatoms. The van der Waals surface area contributed by atoms with Gasteiger partial charge in [0.2, 0.25) is 21.9 Å². The molecule has 1 fully saturated rings. The van der Waals surface area contributed by atoms with Gasteiger partial charge in [0.25, 0.3) is 5.91 Å². The molecule has 2 heterocycles. The van der Waals surface area contributed by atoms with E-state index in [1.165, 1.54) is 25.4 Å². The molecule has 1 aliphatic heterocycles. The van der Waals surface area contributed by atoms with Crippen LogP contribution in [0.2, 0.25) is 0 Å². The van der Waals surface area contributed by atoms with Gasteiger partial charge in [-0.1, -0.05) is 12.1 Å². The Kier molecular flexibility index (Phi) is 8.90. The van der Waals surface area contributed by atoms with E-state index in [0.717, 1.165) is 5.56 Å². The number of amides is 2. The number of sulfonamides is 1. The number of nitrogens with one attached hydrogen (secondary N) is 1. The molecule has 206 valence electrons. The van der Waals surface area contributed by atoms with Crippen LogP contribution in [-0.4, -0.2) is 97.8 Å². The Balaban J connectivity index is 1.40. The smallest absolute Gasteiger partial charge is 0.253 e. The first kappa shape index (κ1) is 28.1. The molecule has 3 aromatic rings. The number of nitrogens with zero attached hydrogens (tertiary/aromatic N) is 5. The second-order valence-corrected chi connectivity index (χ2v) is 11.2. The van der Waals surface area contributed by atoms with E-state index in [-0.39, 0.29) is 23.3 Å². The first-order chi connectivity index (χ1) is 18.7. The van der Waals surface area contributed by atoms with Crippen molar-refractivity contribution in [2.75, 3.05) is 58.8 Å². The molecule has 1 saturated heterocycles. The lowest BCUT2D eigenvalue weighted by Gasteiger charge is -2.34. The van der Waals surface area contributed by atoms with Gasteiger partial charge in [0, 0.05) is 76.8 Å². The number of carbonyl (C=O) groups excluding carboxylic acids is 2. The SMILES string of the molecule is COCCN(C)S(=O)(=O)c1ccc(-c2ccnc(Nc3ccc(C(=O)N4CCN(C(C)=O)CC4)cc3)n2)cc1. The Morgan fingerprint density at radius 1 is 0.974 bits per heavy atom. The van der Waals surface area contributed by atoms with Crippen molar-refractivity contribution in [1.29, 1.82) is 0 Å². The molecule has 2 aromatic carbocycles. The summed E-state index contributed by atoms with van der Waals surface area (Å²) in [6, 6.07) is 15.3. The number of ether oxygens (including phenoxy) is 1. The average Bonchev–Trinajstić information content (AvgIpc) is 2.96. The summed E-state index contributed by atoms with van der Waals surface area (Å²) >= 11 is 0. The molecule has 0 atom stereocenters. The van der Waals surface area contributed by atoms with E-state index in [1.807, 2.05) is 0 Å². The fraction of sp³-hybridized carbons (Fsp3) is 0.333. The summed E-state index contributed by atoms with van der Waals surface area (Å²) < 4.78 is 31.7. The molecule has 11 nitrogen and oxygen atoms in total. The number of carbonyl (C=O) groups is 2. The largest absolute Gasteiger partial charge is 0.383 e. The minimum Gasteiger partial charge on any atom is -0.383 e. The van der Waals surface area contributed by atoms with Crippen LogP contribution in [0.25, 0.3) is 11.3 Å². The van der Waals surface area contributed by atoms with E-state index in [4.69, 9.17) is 4.74 Å². The molecule has 4 rings (SSSR count). The molecule has 0 radical (unpaired) electrons. The van der Waals surface area contributed by atoms with Crippen LogP contribution >= 0.6 is 0 Å². The van der Waals surface area contributed by atoms with E-state index in [0.29, 0.717) is 55.7 Å². The van der Waals surface area contributed by atoms with E-state index >= 15 is 0 Å². The normalized spacial score (nSPS) is 13.9. The Morgan fingerprint density at radius 3 is 2.23 bits per heavy atom. The molecule has 1 aliphatic rings. The zero-order valence-corrected chi connectivity index (χ0v) is 23.0. The van der Waals surface area contributed by atoms with Crippen LogP contribution in [0.3, 0.4) is 0 Å². The third-order valence-electron chi connectivity index (χ3n) is 6.52. The number of piperazine rings is 1. The van der Waals surface area contributed by atoms with Gasteiger partial charge in [0.1, 0.15) is 0 Å². The molecule has 1 aromatic heterocycles. The minimum atomic E-state index is -3.62. The molecule has 2 amide bonds. The lowest BCUT2D eigenvalue weighted by Crippen LogP contribution is -2.50. The first-order valence-corrected chi connectivity index (χ1v) is 13.9. The number of likely N-dealkylation sites (N-methyl/N-ethyl adjacent to an activating group) is 1. The summed E-state index contributed by atoms with van der Waals surface area (Å²) in [4.78, 5) is 36.9. The van der Waals surface area contributed by atoms with Crippen LogP contribution in [0, 0.1) is 0 Å². The molecule has 0 saturated carbocycles. The second kappa shape index (κ2) is 12.3. The van der Waals surface area contributed by atoms with Gasteiger partial charge in [0.05, 0.1) is 17.2 Å². The number of hydrogen-bond donors (Lipinski definition) is 1. The summed E-state index contributed by atoms with van der Waals surface area (Å²) in [5.74, 6) is 0.316. The van der Waals surface area contributed by atoms with Crippen LogP contribution < -0.4 is 5.32 Å². The van der Waals surface area contributed by atoms with Gasteiger partial charge in [-0.3, -0.25) is 9.59 Å². The third-order valence-corrected chi connectivity index (χ3v) is 8.40. The Hall–Kier alpha value is -3.87. The van der Waals surface area contributed by atoms with Crippen LogP contribution in [0.15, 0.2) is 65.7 Å². The number of methoxy groups -OCH3 is 1. The van der Waals surface area contributed by atoms with Crippen molar-refractivity contribution in [3.05, 3.63) is 66.4 Å². The highest BCUT2D eigenvalue weighted by Crippen LogP contribution is 2.23. The second-order valence-electron chi connectivity index (χ2n) is 9.11. The highest BCUT2D eigenvalue weighted by Gasteiger charge is 2.23. The van der Waals surface area contributed by atoms with Crippen molar-refractivity contribution in [3.63, 3.8) is 0 Å². The van der Waals surface area contributed by atoms with Crippen molar-refractivity contribution in [3.8, 4) is 11.3 Å². The van der Waals surface area contributed by atoms with Gasteiger partial charge in [0.15, 0.2) is 0 Å². The predicted molar refractivity (Wildman–Crippen MR) is 147 cm³/mol. The minimum absolute atomic E-state index is 0.0235. The molecule has 39 heavy (non-hydrogen) atoms. The van der Waals surface area contributed by atoms with Gasteiger partial charge in [-0.2, -0.15) is 4.31 Å². The first-order valence-electron chi connectivity index (χ1n) is 12.5. The summed E-state index contributed by atoms with van der Waals surface area (Å²) in [7, 11) is -0.573. The lowest BCUT2D eigenvalue weighted by molar-refractivity contribution is -0.130. The standard InChI is InChI=1S/C27H32N6O5S/c1-20(34)32-14-16-33(17-15-32)26(35)22-4-8-23(9-5-22)29-27-28-13-12-25(30-27)21-6-10-24(11-7-21)39(36,37)31(2)18-19-38-3/h4-13H,14-19H2,1-3H3,(H,28,29,30). The van der Waals surface area contributed by atoms with Crippen LogP contribution in [0.4, 0.5) is 11.6 Å². The molecular formula is C27H32N6O5S. The fourth-order valence-corrected chi connectivity index (χ4v) is 5.28. The number of anilines is 2. The third kappa shape index (κ3) is 6.77. The van der Waals surface area contributed by atoms with Gasteiger partial charge in [-0.05, 0) is 42.5 Å². The van der Waals surface area contributed by atoms with Crippen LogP contribution in [-0.2, 0) is 19.6 Å². The summed E-state index contributed by atoms with van der Waals surface area (Å²) in [6.07, 6.45) is 1.62. The van der Waals surface area contributed by atoms with Crippen LogP contribution in [0.1, 0.15) is 17.3 Å². The lowest BCUT2D eigenvalue weighted by atomic mass is 10.1. The quantitative estimate of drug-likeness (QED) is 0.429. The maximum Gasteiger partial charge on any atom is 0.253 e. The van der Waals surface area contributed by atoms with Gasteiger partial charge >= 0.3 is 0 Å². The average molecular weight is 553 g/mol. The Bertz CT molecular complexity index is 1410. The molecule has 0 bridgehead atoms. The fourth-order valence-electron chi connectivity index (χ4n) is 4.13. The van der Waals surface area contributed by atoms with Crippen molar-refractivity contribution in [2.24, 2.45) is 0 Å². The summed E-state index contributed by atoms with van der Waals surface area (Å²) in [6.45, 7) is 4.21. The number of hydrogen-bond acceptors (Lipinski definition) is 8. The van der Waals surface area contributed by atoms with Gasteiger partial charge in [-0.15, -0.1) is 0 Å². The van der Waals surface area contributed by atoms with E-state index in [9.17, 15) is 18.0 Å². The zero-order valence-electron chi connectivity index (χ0n) is 22.2. The van der Waals surface area contributed by atoms with E-state index < -0.39 is 10.0 Å². The Labute approximate surface area is 228 Å². The van der Waals surface area contributed by atoms with E-state index in [1.54, 1.807) is 70.6 Å². The van der Waals surface area contributed by atoms with Gasteiger partial charge < -0.3 is 19.9 Å². The number of benzene rings is 2. The number of rotatable bonds is 9. The van der Waals surface area contributed by atoms with Crippen molar-refractivity contribution in [2.45, 2.75) is 11.8 Å². The highest BCUT2D eigenvalue weighted by atomic mass is 32.2. The summed E-state index contributed by atoms with van der Waals surface area (Å²) in [5.41, 5.74) is 2.64. The monoisotopic (exact) mass is 552 g/mol. The van der Waals surface area contributed by atoms with E-state index in [2.05, 4.69) is 15.3 Å². The highest BCUT2D eigenvalue weighted by molar-refractivity contribution is 7.89. The maximum absolute atomic E-state index is 12.8. The molecular weight excluding hydrogens is 520 g/mol. The van der Waals surface area contributed by atoms with Crippen molar-refractivity contribution >= 4 is 33.5 Å². The Morgan fingerprint density at radius 2 is 1.62 bits per heavy atom.